The van der Waals surface area contributed by atoms with Crippen LogP contribution in [0.2, 0.25) is 0 Å². The van der Waals surface area contributed by atoms with Crippen molar-refractivity contribution in [1.82, 2.24) is 0 Å². The van der Waals surface area contributed by atoms with Gasteiger partial charge in [-0.25, -0.2) is 0 Å². The summed E-state index contributed by atoms with van der Waals surface area (Å²) in [6.45, 7) is 4.03. The largest absolute Gasteiger partial charge is 0.421 e. The number of hydrogen-bond donors (Lipinski definition) is 0. The summed E-state index contributed by atoms with van der Waals surface area (Å²) in [6, 6.07) is 13.5. The summed E-state index contributed by atoms with van der Waals surface area (Å²) in [5.74, 6) is -0.689. The van der Waals surface area contributed by atoms with Gasteiger partial charge in [-0.2, -0.15) is 0 Å². The van der Waals surface area contributed by atoms with Crippen molar-refractivity contribution in [3.8, 4) is 0 Å². The first-order valence-corrected chi connectivity index (χ1v) is 9.02. The Balaban J connectivity index is 2.25. The molecule has 0 atom stereocenters. The number of rotatable bonds is 9. The van der Waals surface area contributed by atoms with E-state index < -0.39 is 6.29 Å². The lowest BCUT2D eigenvalue weighted by Crippen LogP contribution is -2.18. The van der Waals surface area contributed by atoms with Gasteiger partial charge in [-0.05, 0) is 23.6 Å². The smallest absolute Gasteiger partial charge is 0.309 e. The lowest BCUT2D eigenvalue weighted by Gasteiger charge is -2.20. The predicted octanol–water partition coefficient (Wildman–Crippen LogP) is 5.31. The second-order valence-corrected chi connectivity index (χ2v) is 6.09. The number of ether oxygens (including phenoxy) is 2. The average Bonchev–Trinajstić information content (AvgIpc) is 2.63. The minimum Gasteiger partial charge on any atom is -0.421 e. The van der Waals surface area contributed by atoms with Crippen LogP contribution in [0.25, 0.3) is 10.8 Å². The first kappa shape index (κ1) is 19.0. The molecule has 0 saturated heterocycles. The number of carbonyl (C=O) groups is 2. The lowest BCUT2D eigenvalue weighted by atomic mass is 10.0. The molecule has 4 nitrogen and oxygen atoms in total. The van der Waals surface area contributed by atoms with Gasteiger partial charge >= 0.3 is 11.9 Å². The van der Waals surface area contributed by atoms with Gasteiger partial charge in [0.05, 0.1) is 0 Å². The Morgan fingerprint density at radius 1 is 0.840 bits per heavy atom. The van der Waals surface area contributed by atoms with Gasteiger partial charge in [0.25, 0.3) is 6.29 Å². The van der Waals surface area contributed by atoms with E-state index in [1.807, 2.05) is 56.3 Å². The van der Waals surface area contributed by atoms with Gasteiger partial charge < -0.3 is 9.47 Å². The van der Waals surface area contributed by atoms with Crippen LogP contribution in [-0.2, 0) is 19.1 Å². The number of unbranched alkanes of at least 4 members (excludes halogenated alkanes) is 2. The molecular formula is C21H26O4. The molecule has 0 unspecified atom stereocenters. The Labute approximate surface area is 149 Å². The van der Waals surface area contributed by atoms with Crippen molar-refractivity contribution in [2.75, 3.05) is 0 Å². The van der Waals surface area contributed by atoms with Crippen molar-refractivity contribution in [3.63, 3.8) is 0 Å². The summed E-state index contributed by atoms with van der Waals surface area (Å²) in [4.78, 5) is 24.2. The van der Waals surface area contributed by atoms with E-state index in [4.69, 9.17) is 9.47 Å². The third-order valence-electron chi connectivity index (χ3n) is 4.02. The molecule has 0 aliphatic carbocycles. The van der Waals surface area contributed by atoms with Crippen molar-refractivity contribution in [2.24, 2.45) is 0 Å². The highest BCUT2D eigenvalue weighted by atomic mass is 16.7. The second kappa shape index (κ2) is 9.82. The Morgan fingerprint density at radius 2 is 1.40 bits per heavy atom. The Morgan fingerprint density at radius 3 is 2.00 bits per heavy atom. The third-order valence-corrected chi connectivity index (χ3v) is 4.02. The van der Waals surface area contributed by atoms with Crippen molar-refractivity contribution in [3.05, 3.63) is 48.0 Å². The van der Waals surface area contributed by atoms with Crippen LogP contribution in [0.15, 0.2) is 42.5 Å². The quantitative estimate of drug-likeness (QED) is 0.458. The maximum absolute atomic E-state index is 12.1. The summed E-state index contributed by atoms with van der Waals surface area (Å²) in [5.41, 5.74) is 0.702. The fourth-order valence-electron chi connectivity index (χ4n) is 2.61. The zero-order valence-corrected chi connectivity index (χ0v) is 15.0. The van der Waals surface area contributed by atoms with Gasteiger partial charge in [0.15, 0.2) is 0 Å². The molecule has 2 rings (SSSR count). The van der Waals surface area contributed by atoms with Gasteiger partial charge in [-0.1, -0.05) is 69.2 Å². The Kier molecular flexibility index (Phi) is 7.45. The van der Waals surface area contributed by atoms with Crippen LogP contribution in [0.4, 0.5) is 0 Å². The van der Waals surface area contributed by atoms with E-state index in [0.717, 1.165) is 36.5 Å². The monoisotopic (exact) mass is 342 g/mol. The van der Waals surface area contributed by atoms with Crippen molar-refractivity contribution in [1.29, 1.82) is 0 Å². The van der Waals surface area contributed by atoms with Crippen LogP contribution < -0.4 is 0 Å². The topological polar surface area (TPSA) is 52.6 Å². The molecule has 0 aliphatic rings. The molecule has 0 aliphatic heterocycles. The van der Waals surface area contributed by atoms with Crippen LogP contribution >= 0.6 is 0 Å². The molecule has 0 saturated carbocycles. The van der Waals surface area contributed by atoms with E-state index >= 15 is 0 Å². The van der Waals surface area contributed by atoms with E-state index in [0.29, 0.717) is 18.4 Å². The zero-order valence-electron chi connectivity index (χ0n) is 15.0. The molecule has 0 fully saturated rings. The highest BCUT2D eigenvalue weighted by Gasteiger charge is 2.22. The zero-order chi connectivity index (χ0) is 18.1. The van der Waals surface area contributed by atoms with Crippen LogP contribution in [0, 0.1) is 0 Å². The number of esters is 2. The Hall–Kier alpha value is -2.36. The van der Waals surface area contributed by atoms with E-state index in [2.05, 4.69) is 0 Å². The van der Waals surface area contributed by atoms with Crippen LogP contribution in [0.5, 0.6) is 0 Å². The summed E-state index contributed by atoms with van der Waals surface area (Å²) in [5, 5.41) is 1.93. The third kappa shape index (κ3) is 5.59. The van der Waals surface area contributed by atoms with Crippen LogP contribution in [0.1, 0.15) is 64.2 Å². The molecule has 25 heavy (non-hydrogen) atoms. The molecule has 0 amide bonds. The van der Waals surface area contributed by atoms with Gasteiger partial charge in [0.1, 0.15) is 0 Å². The predicted molar refractivity (Wildman–Crippen MR) is 97.9 cm³/mol. The second-order valence-electron chi connectivity index (χ2n) is 6.09. The highest BCUT2D eigenvalue weighted by Crippen LogP contribution is 2.28. The average molecular weight is 342 g/mol. The first-order valence-electron chi connectivity index (χ1n) is 9.02. The molecule has 0 radical (unpaired) electrons. The molecule has 2 aromatic rings. The maximum atomic E-state index is 12.1. The van der Waals surface area contributed by atoms with Gasteiger partial charge in [-0.3, -0.25) is 9.59 Å². The minimum absolute atomic E-state index is 0.324. The van der Waals surface area contributed by atoms with Crippen molar-refractivity contribution < 1.29 is 19.1 Å². The molecule has 0 heterocycles. The molecule has 0 aromatic heterocycles. The molecule has 0 N–H and O–H groups in total. The number of hydrogen-bond acceptors (Lipinski definition) is 4. The lowest BCUT2D eigenvalue weighted by molar-refractivity contribution is -0.189. The molecule has 0 bridgehead atoms. The fraction of sp³-hybridized carbons (Fsp3) is 0.429. The highest BCUT2D eigenvalue weighted by molar-refractivity contribution is 5.86. The maximum Gasteiger partial charge on any atom is 0.309 e. The molecule has 134 valence electrons. The van der Waals surface area contributed by atoms with Crippen molar-refractivity contribution in [2.45, 2.75) is 58.7 Å². The van der Waals surface area contributed by atoms with Crippen molar-refractivity contribution >= 4 is 22.7 Å². The van der Waals surface area contributed by atoms with E-state index in [-0.39, 0.29) is 11.9 Å². The molecule has 4 heteroatoms. The van der Waals surface area contributed by atoms with Gasteiger partial charge in [0.2, 0.25) is 0 Å². The van der Waals surface area contributed by atoms with Gasteiger partial charge in [0, 0.05) is 18.4 Å². The number of carbonyl (C=O) groups excluding carboxylic acids is 2. The summed E-state index contributed by atoms with van der Waals surface area (Å²) >= 11 is 0. The summed E-state index contributed by atoms with van der Waals surface area (Å²) < 4.78 is 11.0. The van der Waals surface area contributed by atoms with Crippen LogP contribution in [0.3, 0.4) is 0 Å². The van der Waals surface area contributed by atoms with E-state index in [9.17, 15) is 9.59 Å². The van der Waals surface area contributed by atoms with E-state index in [1.54, 1.807) is 0 Å². The minimum atomic E-state index is -1.00. The van der Waals surface area contributed by atoms with E-state index in [1.165, 1.54) is 0 Å². The standard InChI is InChI=1S/C21H26O4/c1-3-5-14-19(22)24-21(25-20(23)15-6-4-2)18-13-9-11-16-10-7-8-12-17(16)18/h7-13,21H,3-6,14-15H2,1-2H3. The first-order chi connectivity index (χ1) is 12.2. The van der Waals surface area contributed by atoms with Crippen LogP contribution in [-0.4, -0.2) is 11.9 Å². The molecule has 2 aromatic carbocycles. The molecule has 0 spiro atoms. The number of benzene rings is 2. The molecular weight excluding hydrogens is 316 g/mol. The summed E-state index contributed by atoms with van der Waals surface area (Å²) in [7, 11) is 0. The van der Waals surface area contributed by atoms with Gasteiger partial charge in [-0.15, -0.1) is 0 Å². The summed E-state index contributed by atoms with van der Waals surface area (Å²) in [6.07, 6.45) is 2.97. The number of fused-ring (bicyclic) bond motifs is 1. The Bertz CT molecular complexity index is 681. The fourth-order valence-corrected chi connectivity index (χ4v) is 2.61. The SMILES string of the molecule is CCCCC(=O)OC(OC(=O)CCCC)c1cccc2ccccc12. The normalized spacial score (nSPS) is 10.8.